The van der Waals surface area contributed by atoms with Gasteiger partial charge < -0.3 is 10.6 Å². The SMILES string of the molecule is CN=C(NCCc1ccc(S(N)(=O)=O)cc1)NCC(C)Cc1cccs1.I. The second-order valence-electron chi connectivity index (χ2n) is 6.21. The van der Waals surface area contributed by atoms with Crippen LogP contribution < -0.4 is 15.8 Å². The summed E-state index contributed by atoms with van der Waals surface area (Å²) in [5.41, 5.74) is 1.03. The highest BCUT2D eigenvalue weighted by molar-refractivity contribution is 14.0. The number of benzene rings is 1. The fraction of sp³-hybridized carbons (Fsp3) is 0.389. The molecule has 0 bridgehead atoms. The first-order valence-corrected chi connectivity index (χ1v) is 10.9. The summed E-state index contributed by atoms with van der Waals surface area (Å²) in [6, 6.07) is 10.9. The summed E-state index contributed by atoms with van der Waals surface area (Å²) in [5, 5.41) is 13.8. The van der Waals surface area contributed by atoms with Crippen LogP contribution in [0, 0.1) is 5.92 Å². The number of hydrogen-bond donors (Lipinski definition) is 3. The van der Waals surface area contributed by atoms with E-state index in [0.717, 1.165) is 30.9 Å². The third kappa shape index (κ3) is 8.58. The fourth-order valence-electron chi connectivity index (χ4n) is 2.51. The molecule has 0 spiro atoms. The monoisotopic (exact) mass is 522 g/mol. The molecule has 0 aliphatic carbocycles. The van der Waals surface area contributed by atoms with Gasteiger partial charge in [-0.25, -0.2) is 13.6 Å². The number of nitrogens with one attached hydrogen (secondary N) is 2. The van der Waals surface area contributed by atoms with Gasteiger partial charge in [0.05, 0.1) is 4.90 Å². The second-order valence-corrected chi connectivity index (χ2v) is 8.80. The standard InChI is InChI=1S/C18H26N4O2S2.HI/c1-14(12-16-4-3-11-25-16)13-22-18(20-2)21-10-9-15-5-7-17(8-6-15)26(19,23)24;/h3-8,11,14H,9-10,12-13H2,1-2H3,(H2,19,23,24)(H2,20,21,22);1H. The van der Waals surface area contributed by atoms with Crippen molar-refractivity contribution in [2.75, 3.05) is 20.1 Å². The van der Waals surface area contributed by atoms with Crippen molar-refractivity contribution < 1.29 is 8.42 Å². The number of thiophene rings is 1. The molecule has 6 nitrogen and oxygen atoms in total. The Kier molecular flexibility index (Phi) is 10.3. The Hall–Kier alpha value is -1.17. The number of halogens is 1. The second kappa shape index (κ2) is 11.6. The number of aliphatic imine (C=N–C) groups is 1. The molecule has 4 N–H and O–H groups in total. The zero-order chi connectivity index (χ0) is 19.0. The van der Waals surface area contributed by atoms with Gasteiger partial charge in [0.2, 0.25) is 10.0 Å². The average molecular weight is 522 g/mol. The van der Waals surface area contributed by atoms with E-state index in [0.29, 0.717) is 12.5 Å². The lowest BCUT2D eigenvalue weighted by Gasteiger charge is -2.15. The number of nitrogens with zero attached hydrogens (tertiary/aromatic N) is 1. The number of guanidine groups is 1. The Balaban J connectivity index is 0.00000364. The number of nitrogens with two attached hydrogens (primary N) is 1. The van der Waals surface area contributed by atoms with Gasteiger partial charge in [-0.1, -0.05) is 25.1 Å². The highest BCUT2D eigenvalue weighted by atomic mass is 127. The van der Waals surface area contributed by atoms with Crippen molar-refractivity contribution in [2.24, 2.45) is 16.0 Å². The molecular weight excluding hydrogens is 495 g/mol. The minimum Gasteiger partial charge on any atom is -0.356 e. The largest absolute Gasteiger partial charge is 0.356 e. The molecule has 1 atom stereocenters. The van der Waals surface area contributed by atoms with E-state index >= 15 is 0 Å². The zero-order valence-electron chi connectivity index (χ0n) is 15.5. The number of primary sulfonamides is 1. The van der Waals surface area contributed by atoms with Crippen LogP contribution in [-0.2, 0) is 22.9 Å². The summed E-state index contributed by atoms with van der Waals surface area (Å²) in [5.74, 6) is 1.28. The Labute approximate surface area is 182 Å². The first-order valence-electron chi connectivity index (χ1n) is 8.47. The molecule has 0 aliphatic heterocycles. The topological polar surface area (TPSA) is 96.6 Å². The summed E-state index contributed by atoms with van der Waals surface area (Å²) >= 11 is 1.79. The van der Waals surface area contributed by atoms with Gasteiger partial charge in [0.25, 0.3) is 0 Å². The molecule has 2 aromatic rings. The predicted octanol–water partition coefficient (Wildman–Crippen LogP) is 2.60. The Morgan fingerprint density at radius 2 is 1.93 bits per heavy atom. The lowest BCUT2D eigenvalue weighted by Crippen LogP contribution is -2.40. The summed E-state index contributed by atoms with van der Waals surface area (Å²) in [4.78, 5) is 5.76. The van der Waals surface area contributed by atoms with E-state index in [1.54, 1.807) is 30.5 Å². The van der Waals surface area contributed by atoms with Crippen molar-refractivity contribution in [1.82, 2.24) is 10.6 Å². The predicted molar refractivity (Wildman–Crippen MR) is 123 cm³/mol. The highest BCUT2D eigenvalue weighted by Gasteiger charge is 2.08. The van der Waals surface area contributed by atoms with Crippen molar-refractivity contribution in [1.29, 1.82) is 0 Å². The average Bonchev–Trinajstić information content (AvgIpc) is 3.10. The maximum absolute atomic E-state index is 11.3. The van der Waals surface area contributed by atoms with E-state index in [2.05, 4.69) is 40.1 Å². The van der Waals surface area contributed by atoms with Crippen LogP contribution in [0.5, 0.6) is 0 Å². The van der Waals surface area contributed by atoms with Gasteiger partial charge in [-0.05, 0) is 47.9 Å². The lowest BCUT2D eigenvalue weighted by atomic mass is 10.1. The first kappa shape index (κ1) is 23.9. The summed E-state index contributed by atoms with van der Waals surface area (Å²) in [6.07, 6.45) is 1.81. The molecule has 0 aliphatic rings. The molecule has 0 saturated carbocycles. The van der Waals surface area contributed by atoms with Crippen LogP contribution in [0.2, 0.25) is 0 Å². The molecule has 0 amide bonds. The molecule has 0 saturated heterocycles. The van der Waals surface area contributed by atoms with Crippen molar-refractivity contribution in [3.05, 3.63) is 52.2 Å². The molecule has 0 fully saturated rings. The van der Waals surface area contributed by atoms with Crippen LogP contribution >= 0.6 is 35.3 Å². The van der Waals surface area contributed by atoms with Crippen LogP contribution in [0.15, 0.2) is 51.7 Å². The quantitative estimate of drug-likeness (QED) is 0.282. The minimum atomic E-state index is -3.64. The fourth-order valence-corrected chi connectivity index (χ4v) is 3.89. The van der Waals surface area contributed by atoms with E-state index in [1.165, 1.54) is 17.0 Å². The molecule has 1 heterocycles. The van der Waals surface area contributed by atoms with Gasteiger partial charge in [-0.15, -0.1) is 35.3 Å². The molecule has 150 valence electrons. The molecule has 1 unspecified atom stereocenters. The van der Waals surface area contributed by atoms with E-state index in [-0.39, 0.29) is 28.9 Å². The van der Waals surface area contributed by atoms with Crippen molar-refractivity contribution in [3.63, 3.8) is 0 Å². The van der Waals surface area contributed by atoms with Crippen LogP contribution in [0.1, 0.15) is 17.4 Å². The first-order chi connectivity index (χ1) is 12.4. The van der Waals surface area contributed by atoms with Gasteiger partial charge in [-0.2, -0.15) is 0 Å². The van der Waals surface area contributed by atoms with Crippen molar-refractivity contribution in [2.45, 2.75) is 24.7 Å². The summed E-state index contributed by atoms with van der Waals surface area (Å²) in [7, 11) is -1.89. The van der Waals surface area contributed by atoms with Crippen LogP contribution in [0.25, 0.3) is 0 Å². The summed E-state index contributed by atoms with van der Waals surface area (Å²) < 4.78 is 22.5. The van der Waals surface area contributed by atoms with Gasteiger partial charge >= 0.3 is 0 Å². The smallest absolute Gasteiger partial charge is 0.238 e. The third-order valence-corrected chi connectivity index (χ3v) is 5.76. The lowest BCUT2D eigenvalue weighted by molar-refractivity contribution is 0.562. The maximum Gasteiger partial charge on any atom is 0.238 e. The Bertz CT molecular complexity index is 806. The van der Waals surface area contributed by atoms with Gasteiger partial charge in [0.15, 0.2) is 5.96 Å². The molecule has 2 rings (SSSR count). The molecule has 27 heavy (non-hydrogen) atoms. The van der Waals surface area contributed by atoms with Crippen molar-refractivity contribution in [3.8, 4) is 0 Å². The Morgan fingerprint density at radius 3 is 2.48 bits per heavy atom. The van der Waals surface area contributed by atoms with Gasteiger partial charge in [-0.3, -0.25) is 4.99 Å². The molecule has 9 heteroatoms. The molecule has 1 aromatic carbocycles. The number of sulfonamides is 1. The van der Waals surface area contributed by atoms with Crippen LogP contribution in [0.3, 0.4) is 0 Å². The number of hydrogen-bond acceptors (Lipinski definition) is 4. The van der Waals surface area contributed by atoms with Gasteiger partial charge in [0.1, 0.15) is 0 Å². The summed E-state index contributed by atoms with van der Waals surface area (Å²) in [6.45, 7) is 3.77. The van der Waals surface area contributed by atoms with E-state index < -0.39 is 10.0 Å². The zero-order valence-corrected chi connectivity index (χ0v) is 19.5. The van der Waals surface area contributed by atoms with Crippen LogP contribution in [-0.4, -0.2) is 34.5 Å². The normalized spacial score (nSPS) is 12.9. The van der Waals surface area contributed by atoms with Crippen molar-refractivity contribution >= 4 is 51.3 Å². The minimum absolute atomic E-state index is 0. The third-order valence-electron chi connectivity index (χ3n) is 3.93. The maximum atomic E-state index is 11.3. The molecular formula is C18H27IN4O2S2. The van der Waals surface area contributed by atoms with E-state index in [1.807, 2.05) is 0 Å². The van der Waals surface area contributed by atoms with Gasteiger partial charge in [0, 0.05) is 25.0 Å². The molecule has 1 aromatic heterocycles. The van der Waals surface area contributed by atoms with E-state index in [9.17, 15) is 8.42 Å². The molecule has 0 radical (unpaired) electrons. The van der Waals surface area contributed by atoms with Crippen LogP contribution in [0.4, 0.5) is 0 Å². The Morgan fingerprint density at radius 1 is 1.22 bits per heavy atom. The number of rotatable bonds is 8. The van der Waals surface area contributed by atoms with E-state index in [4.69, 9.17) is 5.14 Å². The highest BCUT2D eigenvalue weighted by Crippen LogP contribution is 2.13.